The van der Waals surface area contributed by atoms with Gasteiger partial charge in [-0.25, -0.2) is 0 Å². The molecular formula is C26H26O8. The molecule has 1 aliphatic carbocycles. The lowest BCUT2D eigenvalue weighted by molar-refractivity contribution is 0.0988. The van der Waals surface area contributed by atoms with Crippen LogP contribution in [0.4, 0.5) is 0 Å². The fraction of sp³-hybridized carbons (Fsp3) is 0.308. The molecule has 0 aromatic heterocycles. The Kier molecular flexibility index (Phi) is 5.32. The van der Waals surface area contributed by atoms with Gasteiger partial charge in [0.15, 0.2) is 23.0 Å². The third-order valence-corrected chi connectivity index (χ3v) is 6.92. The van der Waals surface area contributed by atoms with Crippen molar-refractivity contribution in [3.05, 3.63) is 64.7 Å². The minimum absolute atomic E-state index is 0.0116. The molecule has 8 heteroatoms. The predicted molar refractivity (Wildman–Crippen MR) is 122 cm³/mol. The second-order valence-corrected chi connectivity index (χ2v) is 8.59. The first-order valence-electron chi connectivity index (χ1n) is 10.9. The molecule has 8 nitrogen and oxygen atoms in total. The van der Waals surface area contributed by atoms with E-state index in [1.807, 2.05) is 0 Å². The highest BCUT2D eigenvalue weighted by molar-refractivity contribution is 5.61. The quantitative estimate of drug-likeness (QED) is 0.443. The van der Waals surface area contributed by atoms with E-state index >= 15 is 0 Å². The van der Waals surface area contributed by atoms with Crippen molar-refractivity contribution < 1.29 is 39.4 Å². The van der Waals surface area contributed by atoms with Gasteiger partial charge in [0.1, 0.15) is 11.5 Å². The Balaban J connectivity index is 1.67. The van der Waals surface area contributed by atoms with Crippen molar-refractivity contribution in [2.24, 2.45) is 5.92 Å². The summed E-state index contributed by atoms with van der Waals surface area (Å²) in [4.78, 5) is 0. The fourth-order valence-electron chi connectivity index (χ4n) is 5.50. The molecule has 1 heterocycles. The monoisotopic (exact) mass is 466 g/mol. The van der Waals surface area contributed by atoms with E-state index in [-0.39, 0.29) is 58.4 Å². The Morgan fingerprint density at radius 1 is 0.765 bits per heavy atom. The molecular weight excluding hydrogens is 440 g/mol. The van der Waals surface area contributed by atoms with Gasteiger partial charge in [0.05, 0.1) is 34.0 Å². The van der Waals surface area contributed by atoms with Gasteiger partial charge in [0.25, 0.3) is 0 Å². The van der Waals surface area contributed by atoms with E-state index in [9.17, 15) is 20.4 Å². The van der Waals surface area contributed by atoms with Crippen molar-refractivity contribution >= 4 is 0 Å². The average molecular weight is 466 g/mol. The lowest BCUT2D eigenvalue weighted by Gasteiger charge is -2.22. The summed E-state index contributed by atoms with van der Waals surface area (Å²) in [5, 5.41) is 41.7. The predicted octanol–water partition coefficient (Wildman–Crippen LogP) is 4.15. The van der Waals surface area contributed by atoms with E-state index in [4.69, 9.17) is 18.9 Å². The molecule has 0 amide bonds. The van der Waals surface area contributed by atoms with E-state index in [2.05, 4.69) is 0 Å². The summed E-state index contributed by atoms with van der Waals surface area (Å²) in [6.45, 7) is 0.392. The van der Waals surface area contributed by atoms with Crippen molar-refractivity contribution in [2.75, 3.05) is 27.9 Å². The van der Waals surface area contributed by atoms with Crippen LogP contribution in [0, 0.1) is 5.92 Å². The SMILES string of the molecule is COc1cc([C@@H]2OC[C@H]3[C@H](c4cc(OC)c(O)c(OC)c4)c4c(O)cc(O)cc4[C@H]32)ccc1O. The molecule has 4 N–H and O–H groups in total. The summed E-state index contributed by atoms with van der Waals surface area (Å²) in [7, 11) is 4.41. The molecule has 4 atom stereocenters. The standard InChI is InChI=1S/C26H26O8/c1-31-19-6-12(4-5-17(19)28)26-23-15-9-14(27)10-18(29)24(15)22(16(23)11-34-26)13-7-20(32-2)25(30)21(8-13)33-3/h4-10,16,22-23,26-30H,11H2,1-3H3/t16-,22-,23+,26-/m0/s1. The number of aromatic hydroxyl groups is 4. The maximum Gasteiger partial charge on any atom is 0.200 e. The van der Waals surface area contributed by atoms with Gasteiger partial charge in [-0.2, -0.15) is 0 Å². The summed E-state index contributed by atoms with van der Waals surface area (Å²) >= 11 is 0. The molecule has 1 fully saturated rings. The number of rotatable bonds is 5. The smallest absolute Gasteiger partial charge is 0.200 e. The molecule has 0 saturated carbocycles. The van der Waals surface area contributed by atoms with E-state index in [1.54, 1.807) is 36.4 Å². The van der Waals surface area contributed by atoms with Crippen molar-refractivity contribution in [1.82, 2.24) is 0 Å². The molecule has 0 spiro atoms. The number of phenolic OH excluding ortho intramolecular Hbond substituents is 4. The maximum absolute atomic E-state index is 10.9. The number of benzene rings is 3. The fourth-order valence-corrected chi connectivity index (χ4v) is 5.50. The molecule has 1 aliphatic heterocycles. The van der Waals surface area contributed by atoms with Gasteiger partial charge in [0, 0.05) is 29.4 Å². The highest BCUT2D eigenvalue weighted by atomic mass is 16.5. The second kappa shape index (κ2) is 8.22. The van der Waals surface area contributed by atoms with Gasteiger partial charge in [-0.1, -0.05) is 6.07 Å². The molecule has 3 aromatic rings. The summed E-state index contributed by atoms with van der Waals surface area (Å²) in [5.41, 5.74) is 3.08. The molecule has 0 unspecified atom stereocenters. The van der Waals surface area contributed by atoms with Crippen LogP contribution in [-0.2, 0) is 4.74 Å². The molecule has 5 rings (SSSR count). The first-order chi connectivity index (χ1) is 16.4. The molecule has 0 radical (unpaired) electrons. The molecule has 178 valence electrons. The van der Waals surface area contributed by atoms with Crippen molar-refractivity contribution in [1.29, 1.82) is 0 Å². The van der Waals surface area contributed by atoms with Gasteiger partial charge >= 0.3 is 0 Å². The van der Waals surface area contributed by atoms with Crippen LogP contribution in [0.2, 0.25) is 0 Å². The van der Waals surface area contributed by atoms with E-state index in [0.717, 1.165) is 16.7 Å². The maximum atomic E-state index is 10.9. The number of hydrogen-bond acceptors (Lipinski definition) is 8. The van der Waals surface area contributed by atoms with Crippen LogP contribution >= 0.6 is 0 Å². The van der Waals surface area contributed by atoms with Gasteiger partial charge in [-0.05, 0) is 47.0 Å². The Hall–Kier alpha value is -3.78. The molecule has 3 aromatic carbocycles. The van der Waals surface area contributed by atoms with Crippen LogP contribution in [0.3, 0.4) is 0 Å². The average Bonchev–Trinajstić information content (AvgIpc) is 3.39. The molecule has 0 bridgehead atoms. The van der Waals surface area contributed by atoms with E-state index < -0.39 is 0 Å². The van der Waals surface area contributed by atoms with Crippen LogP contribution < -0.4 is 14.2 Å². The van der Waals surface area contributed by atoms with Crippen LogP contribution in [0.15, 0.2) is 42.5 Å². The van der Waals surface area contributed by atoms with Gasteiger partial charge in [-0.3, -0.25) is 0 Å². The lowest BCUT2D eigenvalue weighted by Crippen LogP contribution is -2.13. The first kappa shape index (κ1) is 22.0. The third-order valence-electron chi connectivity index (χ3n) is 6.92. The summed E-state index contributed by atoms with van der Waals surface area (Å²) in [5.74, 6) is 0.184. The summed E-state index contributed by atoms with van der Waals surface area (Å²) in [6.07, 6.45) is -0.384. The number of phenols is 4. The van der Waals surface area contributed by atoms with E-state index in [0.29, 0.717) is 17.9 Å². The Morgan fingerprint density at radius 2 is 1.41 bits per heavy atom. The zero-order valence-electron chi connectivity index (χ0n) is 19.0. The highest BCUT2D eigenvalue weighted by Gasteiger charge is 2.52. The van der Waals surface area contributed by atoms with Gasteiger partial charge < -0.3 is 39.4 Å². The largest absolute Gasteiger partial charge is 0.508 e. The van der Waals surface area contributed by atoms with Crippen molar-refractivity contribution in [3.8, 4) is 40.2 Å². The van der Waals surface area contributed by atoms with Crippen molar-refractivity contribution in [2.45, 2.75) is 17.9 Å². The normalized spacial score (nSPS) is 22.8. The molecule has 2 aliphatic rings. The number of hydrogen-bond donors (Lipinski definition) is 4. The van der Waals surface area contributed by atoms with Gasteiger partial charge in [-0.15, -0.1) is 0 Å². The Morgan fingerprint density at radius 3 is 2.06 bits per heavy atom. The summed E-state index contributed by atoms with van der Waals surface area (Å²) < 4.78 is 22.3. The Labute approximate surface area is 196 Å². The lowest BCUT2D eigenvalue weighted by atomic mass is 9.81. The van der Waals surface area contributed by atoms with Crippen molar-refractivity contribution in [3.63, 3.8) is 0 Å². The van der Waals surface area contributed by atoms with Crippen LogP contribution in [0.1, 0.15) is 40.2 Å². The number of ether oxygens (including phenoxy) is 4. The topological polar surface area (TPSA) is 118 Å². The zero-order chi connectivity index (χ0) is 24.1. The summed E-state index contributed by atoms with van der Waals surface area (Å²) in [6, 6.07) is 11.6. The second-order valence-electron chi connectivity index (χ2n) is 8.59. The number of methoxy groups -OCH3 is 3. The van der Waals surface area contributed by atoms with Crippen LogP contribution in [-0.4, -0.2) is 48.4 Å². The van der Waals surface area contributed by atoms with Crippen LogP contribution in [0.5, 0.6) is 40.2 Å². The Bertz CT molecular complexity index is 1230. The molecule has 34 heavy (non-hydrogen) atoms. The highest BCUT2D eigenvalue weighted by Crippen LogP contribution is 2.62. The zero-order valence-corrected chi connectivity index (χ0v) is 19.0. The third kappa shape index (κ3) is 3.25. The number of fused-ring (bicyclic) bond motifs is 3. The van der Waals surface area contributed by atoms with Gasteiger partial charge in [0.2, 0.25) is 5.75 Å². The first-order valence-corrected chi connectivity index (χ1v) is 10.9. The minimum Gasteiger partial charge on any atom is -0.508 e. The van der Waals surface area contributed by atoms with E-state index in [1.165, 1.54) is 27.4 Å². The van der Waals surface area contributed by atoms with Crippen LogP contribution in [0.25, 0.3) is 0 Å². The minimum atomic E-state index is -0.384. The molecule has 1 saturated heterocycles.